The molecule has 1 amide bonds. The summed E-state index contributed by atoms with van der Waals surface area (Å²) in [6.45, 7) is 3.46. The SMILES string of the molecule is COCCCNC(=O)C1CCN(Cc2nc(N)nc(Nc3ccccc3OC)n2)CC1. The van der Waals surface area contributed by atoms with Gasteiger partial charge in [-0.05, 0) is 44.5 Å². The molecule has 1 aromatic carbocycles. The quantitative estimate of drug-likeness (QED) is 0.482. The van der Waals surface area contributed by atoms with Gasteiger partial charge in [-0.25, -0.2) is 0 Å². The Hall–Kier alpha value is -2.98. The minimum atomic E-state index is 0.0463. The standard InChI is InChI=1S/C21H31N7O3/c1-30-13-5-10-23-19(29)15-8-11-28(12-9-15)14-18-25-20(22)27-21(26-18)24-16-6-3-4-7-17(16)31-2/h3-4,6-7,15H,5,8-14H2,1-2H3,(H,23,29)(H3,22,24,25,26,27). The van der Waals surface area contributed by atoms with Crippen molar-refractivity contribution in [1.82, 2.24) is 25.2 Å². The third-order valence-corrected chi connectivity index (χ3v) is 5.20. The topological polar surface area (TPSA) is 128 Å². The Labute approximate surface area is 182 Å². The summed E-state index contributed by atoms with van der Waals surface area (Å²) in [5, 5.41) is 6.14. The van der Waals surface area contributed by atoms with E-state index in [2.05, 4.69) is 30.5 Å². The van der Waals surface area contributed by atoms with E-state index in [0.717, 1.165) is 38.0 Å². The number of hydrogen-bond acceptors (Lipinski definition) is 9. The number of para-hydroxylation sites is 2. The molecule has 0 unspecified atom stereocenters. The van der Waals surface area contributed by atoms with Crippen LogP contribution in [0.5, 0.6) is 5.75 Å². The third kappa shape index (κ3) is 6.76. The lowest BCUT2D eigenvalue weighted by molar-refractivity contribution is -0.126. The summed E-state index contributed by atoms with van der Waals surface area (Å²) < 4.78 is 10.4. The number of nitrogens with zero attached hydrogens (tertiary/aromatic N) is 4. The van der Waals surface area contributed by atoms with Crippen LogP contribution in [0, 0.1) is 5.92 Å². The highest BCUT2D eigenvalue weighted by molar-refractivity contribution is 5.78. The molecule has 0 bridgehead atoms. The number of ether oxygens (including phenoxy) is 2. The van der Waals surface area contributed by atoms with Crippen molar-refractivity contribution >= 4 is 23.5 Å². The van der Waals surface area contributed by atoms with Gasteiger partial charge in [0.05, 0.1) is 19.3 Å². The molecule has 0 aliphatic carbocycles. The van der Waals surface area contributed by atoms with Crippen LogP contribution in [0.25, 0.3) is 0 Å². The normalized spacial score (nSPS) is 14.9. The molecule has 0 radical (unpaired) electrons. The van der Waals surface area contributed by atoms with Gasteiger partial charge in [0, 0.05) is 26.2 Å². The number of carbonyl (C=O) groups excluding carboxylic acids is 1. The minimum Gasteiger partial charge on any atom is -0.495 e. The fourth-order valence-corrected chi connectivity index (χ4v) is 3.56. The van der Waals surface area contributed by atoms with E-state index in [1.54, 1.807) is 14.2 Å². The Morgan fingerprint density at radius 3 is 2.71 bits per heavy atom. The van der Waals surface area contributed by atoms with Crippen LogP contribution in [-0.4, -0.2) is 66.2 Å². The van der Waals surface area contributed by atoms with E-state index >= 15 is 0 Å². The molecule has 2 heterocycles. The van der Waals surface area contributed by atoms with E-state index in [9.17, 15) is 4.79 Å². The van der Waals surface area contributed by atoms with Crippen molar-refractivity contribution in [2.24, 2.45) is 5.92 Å². The summed E-state index contributed by atoms with van der Waals surface area (Å²) in [7, 11) is 3.27. The monoisotopic (exact) mass is 429 g/mol. The third-order valence-electron chi connectivity index (χ3n) is 5.20. The first-order valence-electron chi connectivity index (χ1n) is 10.5. The minimum absolute atomic E-state index is 0.0463. The van der Waals surface area contributed by atoms with Crippen molar-refractivity contribution in [3.63, 3.8) is 0 Å². The first kappa shape index (κ1) is 22.7. The molecule has 0 spiro atoms. The lowest BCUT2D eigenvalue weighted by Gasteiger charge is -2.30. The summed E-state index contributed by atoms with van der Waals surface area (Å²) in [5.41, 5.74) is 6.65. The largest absolute Gasteiger partial charge is 0.495 e. The highest BCUT2D eigenvalue weighted by Crippen LogP contribution is 2.26. The molecule has 1 fully saturated rings. The van der Waals surface area contributed by atoms with Gasteiger partial charge < -0.3 is 25.8 Å². The van der Waals surface area contributed by atoms with E-state index in [4.69, 9.17) is 15.2 Å². The predicted molar refractivity (Wildman–Crippen MR) is 118 cm³/mol. The van der Waals surface area contributed by atoms with E-state index in [1.165, 1.54) is 0 Å². The zero-order chi connectivity index (χ0) is 22.1. The lowest BCUT2D eigenvalue weighted by Crippen LogP contribution is -2.40. The van der Waals surface area contributed by atoms with Crippen LogP contribution in [0.15, 0.2) is 24.3 Å². The summed E-state index contributed by atoms with van der Waals surface area (Å²) in [6, 6.07) is 7.52. The van der Waals surface area contributed by atoms with E-state index in [0.29, 0.717) is 37.2 Å². The maximum Gasteiger partial charge on any atom is 0.232 e. The number of carbonyl (C=O) groups is 1. The maximum absolute atomic E-state index is 12.3. The van der Waals surface area contributed by atoms with Crippen LogP contribution in [0.4, 0.5) is 17.6 Å². The van der Waals surface area contributed by atoms with Gasteiger partial charge in [0.25, 0.3) is 0 Å². The molecule has 1 aliphatic rings. The number of nitrogens with one attached hydrogen (secondary N) is 2. The highest BCUT2D eigenvalue weighted by atomic mass is 16.5. The predicted octanol–water partition coefficient (Wildman–Crippen LogP) is 1.57. The second-order valence-electron chi connectivity index (χ2n) is 7.45. The zero-order valence-corrected chi connectivity index (χ0v) is 18.1. The molecule has 0 saturated carbocycles. The summed E-state index contributed by atoms with van der Waals surface area (Å²) in [5.74, 6) is 1.98. The molecule has 10 heteroatoms. The van der Waals surface area contributed by atoms with Gasteiger partial charge in [-0.1, -0.05) is 12.1 Å². The van der Waals surface area contributed by atoms with Gasteiger partial charge in [0.15, 0.2) is 0 Å². The highest BCUT2D eigenvalue weighted by Gasteiger charge is 2.25. The average Bonchev–Trinajstić information content (AvgIpc) is 2.77. The van der Waals surface area contributed by atoms with Gasteiger partial charge >= 0.3 is 0 Å². The Morgan fingerprint density at radius 1 is 1.19 bits per heavy atom. The van der Waals surface area contributed by atoms with Crippen LogP contribution in [0.2, 0.25) is 0 Å². The molecular formula is C21H31N7O3. The molecule has 3 rings (SSSR count). The number of methoxy groups -OCH3 is 2. The van der Waals surface area contributed by atoms with Crippen molar-refractivity contribution in [3.05, 3.63) is 30.1 Å². The van der Waals surface area contributed by atoms with Crippen molar-refractivity contribution < 1.29 is 14.3 Å². The number of piperidine rings is 1. The first-order valence-corrected chi connectivity index (χ1v) is 10.5. The van der Waals surface area contributed by atoms with E-state index in [1.807, 2.05) is 24.3 Å². The molecule has 1 aromatic heterocycles. The summed E-state index contributed by atoms with van der Waals surface area (Å²) >= 11 is 0. The molecule has 1 aliphatic heterocycles. The van der Waals surface area contributed by atoms with E-state index in [-0.39, 0.29) is 17.8 Å². The molecular weight excluding hydrogens is 398 g/mol. The Kier molecular flexibility index (Phi) is 8.36. The molecule has 168 valence electrons. The Balaban J connectivity index is 1.53. The average molecular weight is 430 g/mol. The smallest absolute Gasteiger partial charge is 0.232 e. The molecule has 31 heavy (non-hydrogen) atoms. The Bertz CT molecular complexity index is 857. The van der Waals surface area contributed by atoms with E-state index < -0.39 is 0 Å². The van der Waals surface area contributed by atoms with Crippen molar-refractivity contribution in [3.8, 4) is 5.75 Å². The van der Waals surface area contributed by atoms with Gasteiger partial charge in [0.2, 0.25) is 17.8 Å². The number of nitrogen functional groups attached to an aromatic ring is 1. The molecule has 0 atom stereocenters. The van der Waals surface area contributed by atoms with Crippen LogP contribution < -0.4 is 21.1 Å². The van der Waals surface area contributed by atoms with Crippen LogP contribution in [0.1, 0.15) is 25.1 Å². The second-order valence-corrected chi connectivity index (χ2v) is 7.45. The zero-order valence-electron chi connectivity index (χ0n) is 18.1. The fraction of sp³-hybridized carbons (Fsp3) is 0.524. The number of anilines is 3. The number of aromatic nitrogens is 3. The molecule has 4 N–H and O–H groups in total. The molecule has 10 nitrogen and oxygen atoms in total. The van der Waals surface area contributed by atoms with Crippen molar-refractivity contribution in [1.29, 1.82) is 0 Å². The number of benzene rings is 1. The van der Waals surface area contributed by atoms with Crippen LogP contribution in [0.3, 0.4) is 0 Å². The maximum atomic E-state index is 12.3. The van der Waals surface area contributed by atoms with Crippen molar-refractivity contribution in [2.75, 3.05) is 51.5 Å². The number of hydrogen-bond donors (Lipinski definition) is 3. The Morgan fingerprint density at radius 2 is 1.97 bits per heavy atom. The summed E-state index contributed by atoms with van der Waals surface area (Å²) in [4.78, 5) is 27.5. The van der Waals surface area contributed by atoms with Gasteiger partial charge in [-0.2, -0.15) is 15.0 Å². The fourth-order valence-electron chi connectivity index (χ4n) is 3.56. The number of rotatable bonds is 10. The van der Waals surface area contributed by atoms with Crippen LogP contribution in [-0.2, 0) is 16.1 Å². The molecule has 2 aromatic rings. The second kappa shape index (κ2) is 11.4. The first-order chi connectivity index (χ1) is 15.1. The van der Waals surface area contributed by atoms with Crippen LogP contribution >= 0.6 is 0 Å². The van der Waals surface area contributed by atoms with Gasteiger partial charge in [-0.3, -0.25) is 9.69 Å². The van der Waals surface area contributed by atoms with Crippen molar-refractivity contribution in [2.45, 2.75) is 25.8 Å². The lowest BCUT2D eigenvalue weighted by atomic mass is 9.96. The van der Waals surface area contributed by atoms with Gasteiger partial charge in [0.1, 0.15) is 11.6 Å². The molecule has 1 saturated heterocycles. The van der Waals surface area contributed by atoms with Gasteiger partial charge in [-0.15, -0.1) is 0 Å². The number of likely N-dealkylation sites (tertiary alicyclic amines) is 1. The summed E-state index contributed by atoms with van der Waals surface area (Å²) in [6.07, 6.45) is 2.44. The number of amides is 1. The number of nitrogens with two attached hydrogens (primary N) is 1.